The Morgan fingerprint density at radius 3 is 2.15 bits per heavy atom. The third kappa shape index (κ3) is 7.23. The largest absolute Gasteiger partial charge is 0.416 e. The molecule has 142 valence electrons. The number of nitrogens with zero attached hydrogens (tertiary/aromatic N) is 1. The molecule has 0 spiro atoms. The topological polar surface area (TPSA) is 23.8 Å². The van der Waals surface area contributed by atoms with Crippen LogP contribution < -0.4 is 0 Å². The molecule has 1 aromatic rings. The lowest BCUT2D eigenvalue weighted by Gasteiger charge is -2.28. The summed E-state index contributed by atoms with van der Waals surface area (Å²) in [7, 11) is 0. The minimum Gasteiger partial charge on any atom is -0.193 e. The SMILES string of the molecule is N#C/C=C/CCC1CCC(CCCCc2ccc(C(F)(F)F)cc2)CC1. The molecule has 0 aliphatic heterocycles. The first-order valence-electron chi connectivity index (χ1n) is 9.70. The van der Waals surface area contributed by atoms with E-state index in [1.165, 1.54) is 50.7 Å². The smallest absolute Gasteiger partial charge is 0.193 e. The van der Waals surface area contributed by atoms with Gasteiger partial charge >= 0.3 is 6.18 Å². The van der Waals surface area contributed by atoms with Crippen molar-refractivity contribution in [3.05, 3.63) is 47.5 Å². The summed E-state index contributed by atoms with van der Waals surface area (Å²) in [5.41, 5.74) is 0.424. The van der Waals surface area contributed by atoms with E-state index in [1.807, 2.05) is 12.1 Å². The van der Waals surface area contributed by atoms with Crippen molar-refractivity contribution < 1.29 is 13.2 Å². The van der Waals surface area contributed by atoms with Crippen LogP contribution in [0.4, 0.5) is 13.2 Å². The van der Waals surface area contributed by atoms with Gasteiger partial charge in [-0.3, -0.25) is 0 Å². The molecule has 1 aromatic carbocycles. The van der Waals surface area contributed by atoms with E-state index in [9.17, 15) is 13.2 Å². The lowest BCUT2D eigenvalue weighted by Crippen LogP contribution is -2.14. The highest BCUT2D eigenvalue weighted by molar-refractivity contribution is 5.24. The van der Waals surface area contributed by atoms with Crippen LogP contribution in [-0.4, -0.2) is 0 Å². The summed E-state index contributed by atoms with van der Waals surface area (Å²) in [6.07, 6.45) is 11.0. The van der Waals surface area contributed by atoms with Crippen molar-refractivity contribution in [2.24, 2.45) is 11.8 Å². The monoisotopic (exact) mass is 363 g/mol. The first-order chi connectivity index (χ1) is 12.5. The summed E-state index contributed by atoms with van der Waals surface area (Å²) in [4.78, 5) is 0. The molecule has 0 bridgehead atoms. The van der Waals surface area contributed by atoms with E-state index in [-0.39, 0.29) is 0 Å². The van der Waals surface area contributed by atoms with E-state index in [4.69, 9.17) is 5.26 Å². The van der Waals surface area contributed by atoms with E-state index in [1.54, 1.807) is 18.2 Å². The number of unbranched alkanes of at least 4 members (excludes halogenated alkanes) is 1. The molecule has 0 aromatic heterocycles. The normalized spacial score (nSPS) is 21.0. The molecular weight excluding hydrogens is 335 g/mol. The zero-order valence-electron chi connectivity index (χ0n) is 15.3. The van der Waals surface area contributed by atoms with Crippen molar-refractivity contribution in [3.63, 3.8) is 0 Å². The van der Waals surface area contributed by atoms with E-state index in [0.29, 0.717) is 0 Å². The maximum atomic E-state index is 12.5. The van der Waals surface area contributed by atoms with Crippen LogP contribution in [0.3, 0.4) is 0 Å². The van der Waals surface area contributed by atoms with Crippen LogP contribution in [0.2, 0.25) is 0 Å². The molecule has 2 rings (SSSR count). The van der Waals surface area contributed by atoms with Gasteiger partial charge in [-0.1, -0.05) is 56.7 Å². The van der Waals surface area contributed by atoms with Crippen LogP contribution in [0.25, 0.3) is 0 Å². The average Bonchev–Trinajstić information content (AvgIpc) is 2.63. The number of hydrogen-bond acceptors (Lipinski definition) is 1. The average molecular weight is 363 g/mol. The van der Waals surface area contributed by atoms with E-state index in [0.717, 1.165) is 43.1 Å². The van der Waals surface area contributed by atoms with Gasteiger partial charge in [0.2, 0.25) is 0 Å². The number of benzene rings is 1. The second-order valence-corrected chi connectivity index (χ2v) is 7.44. The summed E-state index contributed by atoms with van der Waals surface area (Å²) in [5.74, 6) is 1.62. The van der Waals surface area contributed by atoms with Gasteiger partial charge in [0.1, 0.15) is 0 Å². The predicted octanol–water partition coefficient (Wildman–Crippen LogP) is 7.08. The van der Waals surface area contributed by atoms with Gasteiger partial charge < -0.3 is 0 Å². The van der Waals surface area contributed by atoms with Crippen LogP contribution in [0.5, 0.6) is 0 Å². The molecule has 0 saturated heterocycles. The van der Waals surface area contributed by atoms with E-state index in [2.05, 4.69) is 0 Å². The Kier molecular flexibility index (Phi) is 8.22. The minimum atomic E-state index is -4.25. The molecule has 1 aliphatic rings. The van der Waals surface area contributed by atoms with Gasteiger partial charge in [-0.2, -0.15) is 18.4 Å². The summed E-state index contributed by atoms with van der Waals surface area (Å²) in [5, 5.41) is 8.48. The molecule has 26 heavy (non-hydrogen) atoms. The summed E-state index contributed by atoms with van der Waals surface area (Å²) in [6.45, 7) is 0. The first kappa shape index (κ1) is 20.6. The van der Waals surface area contributed by atoms with Gasteiger partial charge in [-0.15, -0.1) is 0 Å². The molecule has 0 atom stereocenters. The first-order valence-corrected chi connectivity index (χ1v) is 9.70. The Balaban J connectivity index is 1.58. The minimum absolute atomic E-state index is 0.568. The third-order valence-corrected chi connectivity index (χ3v) is 5.51. The summed E-state index contributed by atoms with van der Waals surface area (Å²) in [6, 6.07) is 7.61. The Morgan fingerprint density at radius 2 is 1.58 bits per heavy atom. The summed E-state index contributed by atoms with van der Waals surface area (Å²) >= 11 is 0. The molecule has 4 heteroatoms. The van der Waals surface area contributed by atoms with E-state index < -0.39 is 11.7 Å². The van der Waals surface area contributed by atoms with Gasteiger partial charge in [0.05, 0.1) is 11.6 Å². The number of alkyl halides is 3. The van der Waals surface area contributed by atoms with Crippen LogP contribution >= 0.6 is 0 Å². The fourth-order valence-corrected chi connectivity index (χ4v) is 3.90. The molecule has 1 nitrogen and oxygen atoms in total. The second-order valence-electron chi connectivity index (χ2n) is 7.44. The van der Waals surface area contributed by atoms with Gasteiger partial charge in [0, 0.05) is 6.08 Å². The number of rotatable bonds is 8. The highest BCUT2D eigenvalue weighted by atomic mass is 19.4. The van der Waals surface area contributed by atoms with Crippen molar-refractivity contribution in [2.75, 3.05) is 0 Å². The predicted molar refractivity (Wildman–Crippen MR) is 98.4 cm³/mol. The van der Waals surface area contributed by atoms with Crippen molar-refractivity contribution in [1.82, 2.24) is 0 Å². The maximum absolute atomic E-state index is 12.5. The molecule has 1 aliphatic carbocycles. The maximum Gasteiger partial charge on any atom is 0.416 e. The van der Waals surface area contributed by atoms with Crippen molar-refractivity contribution in [3.8, 4) is 6.07 Å². The number of hydrogen-bond donors (Lipinski definition) is 0. The molecule has 0 N–H and O–H groups in total. The molecule has 1 saturated carbocycles. The summed E-state index contributed by atoms with van der Waals surface area (Å²) < 4.78 is 37.6. The van der Waals surface area contributed by atoms with Crippen molar-refractivity contribution in [1.29, 1.82) is 5.26 Å². The highest BCUT2D eigenvalue weighted by Gasteiger charge is 2.29. The van der Waals surface area contributed by atoms with Crippen LogP contribution in [0, 0.1) is 23.2 Å². The molecule has 0 unspecified atom stereocenters. The number of aryl methyl sites for hydroxylation is 1. The van der Waals surface area contributed by atoms with Gasteiger partial charge in [0.25, 0.3) is 0 Å². The van der Waals surface area contributed by atoms with Crippen LogP contribution in [-0.2, 0) is 12.6 Å². The molecule has 0 radical (unpaired) electrons. The lowest BCUT2D eigenvalue weighted by molar-refractivity contribution is -0.137. The molecule has 0 heterocycles. The van der Waals surface area contributed by atoms with E-state index >= 15 is 0 Å². The Labute approximate surface area is 154 Å². The number of allylic oxidation sites excluding steroid dienone is 2. The Bertz CT molecular complexity index is 587. The second kappa shape index (κ2) is 10.4. The van der Waals surface area contributed by atoms with Crippen LogP contribution in [0.1, 0.15) is 68.9 Å². The fourth-order valence-electron chi connectivity index (χ4n) is 3.90. The zero-order valence-corrected chi connectivity index (χ0v) is 15.3. The number of nitriles is 1. The van der Waals surface area contributed by atoms with Gasteiger partial charge in [-0.25, -0.2) is 0 Å². The van der Waals surface area contributed by atoms with Crippen LogP contribution in [0.15, 0.2) is 36.4 Å². The molecular formula is C22H28F3N. The highest BCUT2D eigenvalue weighted by Crippen LogP contribution is 2.34. The quantitative estimate of drug-likeness (QED) is 0.357. The lowest BCUT2D eigenvalue weighted by atomic mass is 9.78. The van der Waals surface area contributed by atoms with Crippen molar-refractivity contribution in [2.45, 2.75) is 70.4 Å². The Hall–Kier alpha value is -1.76. The third-order valence-electron chi connectivity index (χ3n) is 5.51. The van der Waals surface area contributed by atoms with Gasteiger partial charge in [0.15, 0.2) is 0 Å². The van der Waals surface area contributed by atoms with Gasteiger partial charge in [-0.05, 0) is 55.2 Å². The number of halogens is 3. The molecule has 1 fully saturated rings. The Morgan fingerprint density at radius 1 is 0.962 bits per heavy atom. The fraction of sp³-hybridized carbons (Fsp3) is 0.591. The standard InChI is InChI=1S/C22H28F3N/c23-22(24,25)21-15-13-20(14-16-21)8-4-3-7-19-11-9-18(10-12-19)6-2-1-5-17-26/h1,5,13-16,18-19H,2-4,6-12H2/b5-1+. The molecule has 0 amide bonds. The zero-order chi connectivity index (χ0) is 18.8. The van der Waals surface area contributed by atoms with Crippen molar-refractivity contribution >= 4 is 0 Å².